The highest BCUT2D eigenvalue weighted by atomic mass is 16.6. The van der Waals surface area contributed by atoms with Gasteiger partial charge in [0, 0.05) is 6.04 Å². The van der Waals surface area contributed by atoms with Crippen LogP contribution in [-0.2, 0) is 4.74 Å². The molecule has 0 amide bonds. The molecule has 3 saturated carbocycles. The molecular weight excluding hydrogens is 506 g/mol. The molecule has 7 heteroatoms. The number of hydrogen-bond donors (Lipinski definition) is 6. The standard InChI is InChI=1S/C33H57NO6/c1-18(2)7-6-8-19(3)22-9-10-23-27-24(12-14-33(22,23)5)32(4)13-11-21(15-20(32)16-25(27)36)34-31-30(39)29(38)28(37)26(17-35)40-31/h16,18-19,21-31,34-39H,6-15,17H2,1-5H3/t19-,21+,22-,23+,24+,25+,26-,27+,28-,29-,30+,31+,32+,33-/m1/s1. The second-order valence-corrected chi connectivity index (χ2v) is 15.3. The summed E-state index contributed by atoms with van der Waals surface area (Å²) in [7, 11) is 0. The third kappa shape index (κ3) is 5.35. The summed E-state index contributed by atoms with van der Waals surface area (Å²) in [4.78, 5) is 0. The minimum Gasteiger partial charge on any atom is -0.394 e. The molecule has 0 spiro atoms. The number of nitrogens with one attached hydrogen (secondary N) is 1. The van der Waals surface area contributed by atoms with E-state index in [1.807, 2.05) is 0 Å². The van der Waals surface area contributed by atoms with E-state index < -0.39 is 43.4 Å². The van der Waals surface area contributed by atoms with Crippen LogP contribution in [0.3, 0.4) is 0 Å². The summed E-state index contributed by atoms with van der Waals surface area (Å²) >= 11 is 0. The molecule has 230 valence electrons. The largest absolute Gasteiger partial charge is 0.394 e. The van der Waals surface area contributed by atoms with Crippen molar-refractivity contribution in [1.29, 1.82) is 0 Å². The number of aliphatic hydroxyl groups is 5. The zero-order valence-corrected chi connectivity index (χ0v) is 25.5. The molecule has 4 fully saturated rings. The van der Waals surface area contributed by atoms with E-state index in [2.05, 4.69) is 46.0 Å². The fraction of sp³-hybridized carbons (Fsp3) is 0.939. The van der Waals surface area contributed by atoms with Gasteiger partial charge in [0.15, 0.2) is 0 Å². The lowest BCUT2D eigenvalue weighted by Gasteiger charge is -2.60. The van der Waals surface area contributed by atoms with Crippen LogP contribution >= 0.6 is 0 Å². The predicted molar refractivity (Wildman–Crippen MR) is 155 cm³/mol. The van der Waals surface area contributed by atoms with Gasteiger partial charge in [0.1, 0.15) is 30.6 Å². The molecule has 7 nitrogen and oxygen atoms in total. The Morgan fingerprint density at radius 3 is 2.38 bits per heavy atom. The molecule has 4 aliphatic carbocycles. The maximum atomic E-state index is 11.7. The van der Waals surface area contributed by atoms with E-state index >= 15 is 0 Å². The minimum absolute atomic E-state index is 0.0286. The van der Waals surface area contributed by atoms with Gasteiger partial charge in [-0.15, -0.1) is 0 Å². The number of fused-ring (bicyclic) bond motifs is 5. The number of aliphatic hydroxyl groups excluding tert-OH is 5. The SMILES string of the molecule is CC(C)CCC[C@@H](C)[C@H]1CC[C@H]2[C@@H]3[C@@H](O)C=C4C[C@@H](N[C@H]5O[C@H](CO)[C@@H](O)[C@@H](O)[C@@H]5O)CC[C@]4(C)[C@H]3CC[C@]12C. The summed E-state index contributed by atoms with van der Waals surface area (Å²) in [6.45, 7) is 11.7. The maximum absolute atomic E-state index is 11.7. The van der Waals surface area contributed by atoms with Gasteiger partial charge in [0.25, 0.3) is 0 Å². The van der Waals surface area contributed by atoms with E-state index in [0.717, 1.165) is 37.0 Å². The molecule has 1 saturated heterocycles. The van der Waals surface area contributed by atoms with Gasteiger partial charge < -0.3 is 30.3 Å². The average Bonchev–Trinajstić information content (AvgIpc) is 3.26. The van der Waals surface area contributed by atoms with Gasteiger partial charge in [-0.1, -0.05) is 65.5 Å². The normalized spacial score (nSPS) is 49.7. The first kappa shape index (κ1) is 30.9. The van der Waals surface area contributed by atoms with Crippen LogP contribution in [0.15, 0.2) is 11.6 Å². The third-order valence-electron chi connectivity index (χ3n) is 12.6. The zero-order chi connectivity index (χ0) is 29.0. The van der Waals surface area contributed by atoms with Crippen molar-refractivity contribution in [3.8, 4) is 0 Å². The van der Waals surface area contributed by atoms with E-state index in [4.69, 9.17) is 4.74 Å². The molecule has 6 N–H and O–H groups in total. The second-order valence-electron chi connectivity index (χ2n) is 15.3. The van der Waals surface area contributed by atoms with E-state index in [1.54, 1.807) is 0 Å². The van der Waals surface area contributed by atoms with Gasteiger partial charge in [-0.2, -0.15) is 0 Å². The van der Waals surface area contributed by atoms with Gasteiger partial charge in [-0.05, 0) is 91.3 Å². The lowest BCUT2D eigenvalue weighted by Crippen LogP contribution is -2.64. The minimum atomic E-state index is -1.38. The molecule has 1 aliphatic heterocycles. The summed E-state index contributed by atoms with van der Waals surface area (Å²) in [6, 6.07) is 0.0286. The smallest absolute Gasteiger partial charge is 0.137 e. The topological polar surface area (TPSA) is 122 Å². The van der Waals surface area contributed by atoms with Crippen molar-refractivity contribution < 1.29 is 30.3 Å². The van der Waals surface area contributed by atoms with Crippen LogP contribution in [0.4, 0.5) is 0 Å². The van der Waals surface area contributed by atoms with Crippen LogP contribution in [0, 0.1) is 46.3 Å². The van der Waals surface area contributed by atoms with Crippen molar-refractivity contribution in [2.24, 2.45) is 46.3 Å². The lowest BCUT2D eigenvalue weighted by atomic mass is 9.46. The van der Waals surface area contributed by atoms with Gasteiger partial charge in [0.2, 0.25) is 0 Å². The first-order valence-electron chi connectivity index (χ1n) is 16.4. The van der Waals surface area contributed by atoms with Crippen LogP contribution in [-0.4, -0.2) is 74.9 Å². The number of hydrogen-bond acceptors (Lipinski definition) is 7. The summed E-state index contributed by atoms with van der Waals surface area (Å²) in [6.07, 6.45) is 7.64. The number of rotatable bonds is 8. The monoisotopic (exact) mass is 563 g/mol. The Hall–Kier alpha value is -0.540. The molecule has 5 rings (SSSR count). The fourth-order valence-corrected chi connectivity index (χ4v) is 10.3. The molecule has 0 aromatic rings. The highest BCUT2D eigenvalue weighted by molar-refractivity contribution is 5.28. The highest BCUT2D eigenvalue weighted by Crippen LogP contribution is 2.67. The molecule has 1 heterocycles. The summed E-state index contributed by atoms with van der Waals surface area (Å²) in [5.41, 5.74) is 1.71. The number of ether oxygens (including phenoxy) is 1. The van der Waals surface area contributed by atoms with Crippen molar-refractivity contribution in [1.82, 2.24) is 5.32 Å². The Bertz CT molecular complexity index is 909. The van der Waals surface area contributed by atoms with E-state index in [1.165, 1.54) is 50.5 Å². The Morgan fingerprint density at radius 1 is 0.925 bits per heavy atom. The van der Waals surface area contributed by atoms with Gasteiger partial charge in [0.05, 0.1) is 12.7 Å². The average molecular weight is 564 g/mol. The molecule has 0 unspecified atom stereocenters. The van der Waals surface area contributed by atoms with Gasteiger partial charge in [-0.3, -0.25) is 5.32 Å². The molecular formula is C33H57NO6. The molecule has 40 heavy (non-hydrogen) atoms. The van der Waals surface area contributed by atoms with Crippen molar-refractivity contribution in [2.75, 3.05) is 6.61 Å². The predicted octanol–water partition coefficient (Wildman–Crippen LogP) is 3.76. The lowest BCUT2D eigenvalue weighted by molar-refractivity contribution is -0.238. The van der Waals surface area contributed by atoms with Crippen LogP contribution in [0.5, 0.6) is 0 Å². The van der Waals surface area contributed by atoms with Crippen LogP contribution < -0.4 is 5.32 Å². The molecule has 0 aromatic carbocycles. The van der Waals surface area contributed by atoms with Crippen molar-refractivity contribution in [3.63, 3.8) is 0 Å². The van der Waals surface area contributed by atoms with Gasteiger partial charge >= 0.3 is 0 Å². The maximum Gasteiger partial charge on any atom is 0.137 e. The molecule has 0 aromatic heterocycles. The van der Waals surface area contributed by atoms with Crippen molar-refractivity contribution in [2.45, 2.75) is 142 Å². The first-order chi connectivity index (χ1) is 18.9. The third-order valence-corrected chi connectivity index (χ3v) is 12.6. The molecule has 5 aliphatic rings. The summed E-state index contributed by atoms with van der Waals surface area (Å²) in [5, 5.41) is 55.5. The van der Waals surface area contributed by atoms with E-state index in [0.29, 0.717) is 23.2 Å². The second kappa shape index (κ2) is 11.9. The van der Waals surface area contributed by atoms with E-state index in [-0.39, 0.29) is 11.5 Å². The Labute approximate surface area is 241 Å². The van der Waals surface area contributed by atoms with Crippen LogP contribution in [0.1, 0.15) is 98.8 Å². The van der Waals surface area contributed by atoms with Gasteiger partial charge in [-0.25, -0.2) is 0 Å². The Morgan fingerprint density at radius 2 is 1.68 bits per heavy atom. The molecule has 0 radical (unpaired) electrons. The fourth-order valence-electron chi connectivity index (χ4n) is 10.3. The first-order valence-corrected chi connectivity index (χ1v) is 16.4. The van der Waals surface area contributed by atoms with Crippen molar-refractivity contribution in [3.05, 3.63) is 11.6 Å². The summed E-state index contributed by atoms with van der Waals surface area (Å²) in [5.74, 6) is 3.68. The van der Waals surface area contributed by atoms with E-state index in [9.17, 15) is 25.5 Å². The highest BCUT2D eigenvalue weighted by Gasteiger charge is 2.61. The van der Waals surface area contributed by atoms with Crippen LogP contribution in [0.25, 0.3) is 0 Å². The van der Waals surface area contributed by atoms with Crippen molar-refractivity contribution >= 4 is 0 Å². The zero-order valence-electron chi connectivity index (χ0n) is 25.5. The Balaban J connectivity index is 1.28. The molecule has 0 bridgehead atoms. The van der Waals surface area contributed by atoms with Crippen LogP contribution in [0.2, 0.25) is 0 Å². The molecule has 14 atom stereocenters. The quantitative estimate of drug-likeness (QED) is 0.249. The summed E-state index contributed by atoms with van der Waals surface area (Å²) < 4.78 is 5.74. The Kier molecular flexibility index (Phi) is 9.16.